The minimum atomic E-state index is -2.82. The Labute approximate surface area is 106 Å². The van der Waals surface area contributed by atoms with Gasteiger partial charge >= 0.3 is 11.9 Å². The van der Waals surface area contributed by atoms with E-state index in [2.05, 4.69) is 6.58 Å². The first-order chi connectivity index (χ1) is 8.37. The molecule has 0 fully saturated rings. The van der Waals surface area contributed by atoms with Crippen LogP contribution in [0.2, 0.25) is 0 Å². The number of rotatable bonds is 10. The lowest BCUT2D eigenvalue weighted by atomic mass is 10.3. The Balaban J connectivity index is 3.58. The second-order valence-corrected chi connectivity index (χ2v) is 6.53. The van der Waals surface area contributed by atoms with Crippen molar-refractivity contribution < 1.29 is 28.5 Å². The Morgan fingerprint density at radius 3 is 2.50 bits per heavy atom. The molecule has 1 N–H and O–H groups in total. The van der Waals surface area contributed by atoms with Gasteiger partial charge in [0, 0.05) is 18.9 Å². The van der Waals surface area contributed by atoms with Crippen molar-refractivity contribution in [2.75, 3.05) is 26.0 Å². The van der Waals surface area contributed by atoms with Crippen LogP contribution in [0.15, 0.2) is 12.7 Å². The van der Waals surface area contributed by atoms with Gasteiger partial charge in [-0.2, -0.15) is 0 Å². The summed E-state index contributed by atoms with van der Waals surface area (Å²) in [7, 11) is -2.82. The fraction of sp³-hybridized carbons (Fsp3) is 0.636. The van der Waals surface area contributed by atoms with Gasteiger partial charge in [0.2, 0.25) is 7.37 Å². The van der Waals surface area contributed by atoms with E-state index in [0.29, 0.717) is 12.8 Å². The summed E-state index contributed by atoms with van der Waals surface area (Å²) in [6.07, 6.45) is 2.15. The van der Waals surface area contributed by atoms with Gasteiger partial charge in [0.1, 0.15) is 0 Å². The van der Waals surface area contributed by atoms with Crippen molar-refractivity contribution in [3.05, 3.63) is 12.7 Å². The maximum atomic E-state index is 11.7. The third-order valence-electron chi connectivity index (χ3n) is 2.05. The number of unbranched alkanes of at least 4 members (excludes halogenated alkanes) is 1. The number of carboxylic acid groups (broad SMARTS) is 1. The summed E-state index contributed by atoms with van der Waals surface area (Å²) in [5.74, 6) is -1.46. The first-order valence-corrected chi connectivity index (χ1v) is 7.85. The molecule has 0 rings (SSSR count). The third-order valence-corrected chi connectivity index (χ3v) is 3.81. The molecule has 0 radical (unpaired) electrons. The summed E-state index contributed by atoms with van der Waals surface area (Å²) in [6, 6.07) is 0. The minimum absolute atomic E-state index is 0.0355. The van der Waals surface area contributed by atoms with Crippen molar-refractivity contribution in [1.29, 1.82) is 0 Å². The Bertz CT molecular complexity index is 338. The molecule has 0 spiro atoms. The second kappa shape index (κ2) is 8.89. The third kappa shape index (κ3) is 10.1. The molecule has 0 amide bonds. The topological polar surface area (TPSA) is 89.9 Å². The molecule has 0 aromatic heterocycles. The molecular formula is C11H19O6P. The summed E-state index contributed by atoms with van der Waals surface area (Å²) >= 11 is 0. The van der Waals surface area contributed by atoms with Gasteiger partial charge in [0.15, 0.2) is 0 Å². The van der Waals surface area contributed by atoms with Crippen LogP contribution in [0, 0.1) is 0 Å². The van der Waals surface area contributed by atoms with Crippen LogP contribution in [-0.4, -0.2) is 43.1 Å². The standard InChI is InChI=1S/C11H19O6P/c1-3-11(14)16-7-4-5-8-17-18(2,15)9-6-10(12)13/h3H,1,4-9H2,2H3,(H,12,13). The minimum Gasteiger partial charge on any atom is -0.481 e. The monoisotopic (exact) mass is 278 g/mol. The molecule has 6 nitrogen and oxygen atoms in total. The Morgan fingerprint density at radius 2 is 1.94 bits per heavy atom. The molecule has 7 heteroatoms. The van der Waals surface area contributed by atoms with Gasteiger partial charge in [-0.1, -0.05) is 6.58 Å². The summed E-state index contributed by atoms with van der Waals surface area (Å²) in [6.45, 7) is 5.21. The lowest BCUT2D eigenvalue weighted by Crippen LogP contribution is -2.04. The highest BCUT2D eigenvalue weighted by molar-refractivity contribution is 7.58. The van der Waals surface area contributed by atoms with Crippen LogP contribution in [0.4, 0.5) is 0 Å². The molecule has 0 aromatic rings. The van der Waals surface area contributed by atoms with Gasteiger partial charge in [-0.15, -0.1) is 0 Å². The molecule has 0 aliphatic rings. The van der Waals surface area contributed by atoms with Crippen LogP contribution in [0.1, 0.15) is 19.3 Å². The largest absolute Gasteiger partial charge is 0.481 e. The van der Waals surface area contributed by atoms with E-state index in [1.807, 2.05) is 0 Å². The maximum Gasteiger partial charge on any atom is 0.330 e. The van der Waals surface area contributed by atoms with Gasteiger partial charge in [-0.3, -0.25) is 9.36 Å². The smallest absolute Gasteiger partial charge is 0.330 e. The summed E-state index contributed by atoms with van der Waals surface area (Å²) in [4.78, 5) is 21.0. The number of esters is 1. The van der Waals surface area contributed by atoms with Crippen LogP contribution in [0.3, 0.4) is 0 Å². The van der Waals surface area contributed by atoms with Crippen LogP contribution in [0.25, 0.3) is 0 Å². The molecule has 0 saturated heterocycles. The van der Waals surface area contributed by atoms with E-state index in [0.717, 1.165) is 6.08 Å². The van der Waals surface area contributed by atoms with Crippen molar-refractivity contribution in [3.8, 4) is 0 Å². The molecule has 0 saturated carbocycles. The summed E-state index contributed by atoms with van der Waals surface area (Å²) in [5, 5.41) is 8.46. The zero-order valence-corrected chi connectivity index (χ0v) is 11.4. The summed E-state index contributed by atoms with van der Waals surface area (Å²) in [5.41, 5.74) is 0. The number of aliphatic carboxylic acids is 1. The van der Waals surface area contributed by atoms with E-state index >= 15 is 0 Å². The lowest BCUT2D eigenvalue weighted by molar-refractivity contribution is -0.138. The van der Waals surface area contributed by atoms with Crippen LogP contribution < -0.4 is 0 Å². The quantitative estimate of drug-likeness (QED) is 0.284. The number of carbonyl (C=O) groups excluding carboxylic acids is 1. The maximum absolute atomic E-state index is 11.7. The first kappa shape index (κ1) is 16.9. The Morgan fingerprint density at radius 1 is 1.33 bits per heavy atom. The van der Waals surface area contributed by atoms with E-state index in [1.54, 1.807) is 0 Å². The van der Waals surface area contributed by atoms with E-state index in [-0.39, 0.29) is 25.8 Å². The molecule has 1 atom stereocenters. The van der Waals surface area contributed by atoms with Gasteiger partial charge in [0.05, 0.1) is 19.6 Å². The van der Waals surface area contributed by atoms with Crippen LogP contribution in [-0.2, 0) is 23.4 Å². The zero-order chi connectivity index (χ0) is 14.0. The molecule has 1 unspecified atom stereocenters. The van der Waals surface area contributed by atoms with E-state index in [4.69, 9.17) is 14.4 Å². The van der Waals surface area contributed by atoms with Crippen molar-refractivity contribution in [3.63, 3.8) is 0 Å². The number of hydrogen-bond donors (Lipinski definition) is 1. The van der Waals surface area contributed by atoms with E-state index in [9.17, 15) is 14.2 Å². The van der Waals surface area contributed by atoms with Gasteiger partial charge in [-0.05, 0) is 12.8 Å². The Hall–Kier alpha value is -1.13. The highest BCUT2D eigenvalue weighted by Crippen LogP contribution is 2.43. The highest BCUT2D eigenvalue weighted by atomic mass is 31.2. The predicted molar refractivity (Wildman–Crippen MR) is 67.0 cm³/mol. The average molecular weight is 278 g/mol. The fourth-order valence-electron chi connectivity index (χ4n) is 1.06. The normalized spacial score (nSPS) is 13.6. The second-order valence-electron chi connectivity index (χ2n) is 3.79. The molecule has 0 bridgehead atoms. The highest BCUT2D eigenvalue weighted by Gasteiger charge is 2.17. The SMILES string of the molecule is C=CC(=O)OCCCCOP(C)(=O)CCC(=O)O. The molecule has 0 aliphatic carbocycles. The van der Waals surface area contributed by atoms with Crippen molar-refractivity contribution in [1.82, 2.24) is 0 Å². The lowest BCUT2D eigenvalue weighted by Gasteiger charge is -2.12. The molecular weight excluding hydrogens is 259 g/mol. The fourth-order valence-corrected chi connectivity index (χ4v) is 2.30. The van der Waals surface area contributed by atoms with Gasteiger partial charge in [-0.25, -0.2) is 4.79 Å². The molecule has 0 heterocycles. The number of carboxylic acids is 1. The van der Waals surface area contributed by atoms with Crippen molar-refractivity contribution in [2.45, 2.75) is 19.3 Å². The number of hydrogen-bond acceptors (Lipinski definition) is 5. The molecule has 18 heavy (non-hydrogen) atoms. The molecule has 104 valence electrons. The number of ether oxygens (including phenoxy) is 1. The van der Waals surface area contributed by atoms with E-state index in [1.165, 1.54) is 6.66 Å². The number of carbonyl (C=O) groups is 2. The average Bonchev–Trinajstić information content (AvgIpc) is 2.30. The Kier molecular flexibility index (Phi) is 8.33. The van der Waals surface area contributed by atoms with Crippen molar-refractivity contribution >= 4 is 19.3 Å². The molecule has 0 aliphatic heterocycles. The van der Waals surface area contributed by atoms with Gasteiger partial charge < -0.3 is 14.4 Å². The first-order valence-electron chi connectivity index (χ1n) is 5.59. The predicted octanol–water partition coefficient (Wildman–Crippen LogP) is 1.90. The molecule has 0 aromatic carbocycles. The van der Waals surface area contributed by atoms with Crippen molar-refractivity contribution in [2.24, 2.45) is 0 Å². The van der Waals surface area contributed by atoms with Crippen LogP contribution >= 0.6 is 7.37 Å². The van der Waals surface area contributed by atoms with Gasteiger partial charge in [0.25, 0.3) is 0 Å². The van der Waals surface area contributed by atoms with E-state index < -0.39 is 19.3 Å². The summed E-state index contributed by atoms with van der Waals surface area (Å²) < 4.78 is 21.6. The van der Waals surface area contributed by atoms with Crippen LogP contribution in [0.5, 0.6) is 0 Å². The zero-order valence-electron chi connectivity index (χ0n) is 10.5.